The van der Waals surface area contributed by atoms with Gasteiger partial charge in [0.1, 0.15) is 0 Å². The SMILES string of the molecule is CC(C)C(=O)Nc1ccccc1C([NH])=O. The molecule has 0 atom stereocenters. The van der Waals surface area contributed by atoms with Crippen LogP contribution in [0.4, 0.5) is 5.69 Å². The molecule has 2 amide bonds. The molecule has 0 aliphatic carbocycles. The summed E-state index contributed by atoms with van der Waals surface area (Å²) in [6, 6.07) is 6.50. The molecule has 1 radical (unpaired) electrons. The zero-order chi connectivity index (χ0) is 11.4. The van der Waals surface area contributed by atoms with Crippen molar-refractivity contribution in [1.82, 2.24) is 5.73 Å². The van der Waals surface area contributed by atoms with E-state index in [4.69, 9.17) is 5.73 Å². The number of carbonyl (C=O) groups is 2. The molecule has 4 heteroatoms. The summed E-state index contributed by atoms with van der Waals surface area (Å²) in [7, 11) is 0. The summed E-state index contributed by atoms with van der Waals surface area (Å²) in [5.41, 5.74) is 7.63. The van der Waals surface area contributed by atoms with E-state index in [2.05, 4.69) is 5.32 Å². The first-order valence-electron chi connectivity index (χ1n) is 4.68. The van der Waals surface area contributed by atoms with Crippen LogP contribution in [0, 0.1) is 5.92 Å². The van der Waals surface area contributed by atoms with Crippen molar-refractivity contribution in [2.24, 2.45) is 5.92 Å². The van der Waals surface area contributed by atoms with Crippen LogP contribution in [0.25, 0.3) is 0 Å². The molecule has 0 spiro atoms. The molecular weight excluding hydrogens is 192 g/mol. The monoisotopic (exact) mass is 205 g/mol. The zero-order valence-corrected chi connectivity index (χ0v) is 8.70. The van der Waals surface area contributed by atoms with Crippen molar-refractivity contribution in [2.75, 3.05) is 5.32 Å². The molecule has 0 heterocycles. The molecular formula is C11H13N2O2. The first kappa shape index (κ1) is 11.2. The number of carbonyl (C=O) groups excluding carboxylic acids is 2. The highest BCUT2D eigenvalue weighted by Crippen LogP contribution is 2.15. The Labute approximate surface area is 88.5 Å². The Bertz CT molecular complexity index is 386. The van der Waals surface area contributed by atoms with Crippen molar-refractivity contribution in [2.45, 2.75) is 13.8 Å². The van der Waals surface area contributed by atoms with Crippen LogP contribution in [0.15, 0.2) is 24.3 Å². The predicted octanol–water partition coefficient (Wildman–Crippen LogP) is 1.70. The van der Waals surface area contributed by atoms with Crippen molar-refractivity contribution < 1.29 is 9.59 Å². The van der Waals surface area contributed by atoms with E-state index >= 15 is 0 Å². The van der Waals surface area contributed by atoms with Gasteiger partial charge in [0.05, 0.1) is 11.3 Å². The smallest absolute Gasteiger partial charge is 0.271 e. The zero-order valence-electron chi connectivity index (χ0n) is 8.70. The number of hydrogen-bond acceptors (Lipinski definition) is 2. The Morgan fingerprint density at radius 3 is 2.40 bits per heavy atom. The Kier molecular flexibility index (Phi) is 3.44. The second kappa shape index (κ2) is 4.59. The van der Waals surface area contributed by atoms with E-state index in [1.54, 1.807) is 32.0 Å². The fourth-order valence-corrected chi connectivity index (χ4v) is 1.07. The largest absolute Gasteiger partial charge is 0.325 e. The third kappa shape index (κ3) is 2.80. The van der Waals surface area contributed by atoms with E-state index in [9.17, 15) is 9.59 Å². The van der Waals surface area contributed by atoms with Gasteiger partial charge in [0, 0.05) is 5.92 Å². The Balaban J connectivity index is 2.94. The van der Waals surface area contributed by atoms with Gasteiger partial charge in [-0.2, -0.15) is 0 Å². The second-order valence-corrected chi connectivity index (χ2v) is 3.52. The number of para-hydroxylation sites is 1. The molecule has 4 nitrogen and oxygen atoms in total. The molecule has 0 saturated carbocycles. The average Bonchev–Trinajstić information content (AvgIpc) is 2.18. The van der Waals surface area contributed by atoms with Gasteiger partial charge in [-0.3, -0.25) is 15.3 Å². The van der Waals surface area contributed by atoms with Crippen LogP contribution < -0.4 is 11.1 Å². The van der Waals surface area contributed by atoms with E-state index in [0.29, 0.717) is 5.69 Å². The van der Waals surface area contributed by atoms with Crippen LogP contribution in [0.2, 0.25) is 0 Å². The number of amides is 2. The van der Waals surface area contributed by atoms with Crippen molar-refractivity contribution in [3.05, 3.63) is 29.8 Å². The molecule has 1 aromatic carbocycles. The van der Waals surface area contributed by atoms with Crippen molar-refractivity contribution in [1.29, 1.82) is 0 Å². The molecule has 1 aromatic rings. The van der Waals surface area contributed by atoms with Gasteiger partial charge in [0.2, 0.25) is 5.91 Å². The van der Waals surface area contributed by atoms with Crippen LogP contribution in [0.3, 0.4) is 0 Å². The summed E-state index contributed by atoms with van der Waals surface area (Å²) in [6.07, 6.45) is 0. The van der Waals surface area contributed by atoms with E-state index in [0.717, 1.165) is 0 Å². The molecule has 79 valence electrons. The summed E-state index contributed by atoms with van der Waals surface area (Å²) in [5, 5.41) is 2.61. The van der Waals surface area contributed by atoms with Crippen molar-refractivity contribution >= 4 is 17.5 Å². The molecule has 0 aromatic heterocycles. The minimum absolute atomic E-state index is 0.154. The highest BCUT2D eigenvalue weighted by Gasteiger charge is 2.12. The van der Waals surface area contributed by atoms with Gasteiger partial charge in [-0.15, -0.1) is 0 Å². The quantitative estimate of drug-likeness (QED) is 0.815. The van der Waals surface area contributed by atoms with E-state index in [1.165, 1.54) is 6.07 Å². The topological polar surface area (TPSA) is 70.0 Å². The van der Waals surface area contributed by atoms with Gasteiger partial charge in [-0.05, 0) is 12.1 Å². The fraction of sp³-hybridized carbons (Fsp3) is 0.273. The predicted molar refractivity (Wildman–Crippen MR) is 57.3 cm³/mol. The van der Waals surface area contributed by atoms with Gasteiger partial charge < -0.3 is 5.32 Å². The lowest BCUT2D eigenvalue weighted by Gasteiger charge is -2.09. The lowest BCUT2D eigenvalue weighted by Crippen LogP contribution is -2.19. The minimum Gasteiger partial charge on any atom is -0.325 e. The number of rotatable bonds is 3. The van der Waals surface area contributed by atoms with Crippen LogP contribution in [0.5, 0.6) is 0 Å². The molecule has 0 fully saturated rings. The van der Waals surface area contributed by atoms with Gasteiger partial charge >= 0.3 is 0 Å². The van der Waals surface area contributed by atoms with Gasteiger partial charge in [-0.25, -0.2) is 0 Å². The van der Waals surface area contributed by atoms with E-state index < -0.39 is 5.91 Å². The van der Waals surface area contributed by atoms with Crippen LogP contribution in [-0.4, -0.2) is 11.8 Å². The summed E-state index contributed by atoms with van der Waals surface area (Å²) in [4.78, 5) is 22.3. The highest BCUT2D eigenvalue weighted by molar-refractivity contribution is 6.02. The number of benzene rings is 1. The maximum Gasteiger partial charge on any atom is 0.271 e. The van der Waals surface area contributed by atoms with Gasteiger partial charge in [0.25, 0.3) is 5.91 Å². The van der Waals surface area contributed by atoms with E-state index in [-0.39, 0.29) is 17.4 Å². The molecule has 0 aliphatic heterocycles. The molecule has 2 N–H and O–H groups in total. The molecule has 1 rings (SSSR count). The molecule has 0 unspecified atom stereocenters. The number of hydrogen-bond donors (Lipinski definition) is 1. The Morgan fingerprint density at radius 1 is 1.27 bits per heavy atom. The van der Waals surface area contributed by atoms with Gasteiger partial charge in [0.15, 0.2) is 0 Å². The van der Waals surface area contributed by atoms with Crippen LogP contribution in [0.1, 0.15) is 24.2 Å². The van der Waals surface area contributed by atoms with Crippen molar-refractivity contribution in [3.8, 4) is 0 Å². The lowest BCUT2D eigenvalue weighted by atomic mass is 10.1. The van der Waals surface area contributed by atoms with Crippen molar-refractivity contribution in [3.63, 3.8) is 0 Å². The highest BCUT2D eigenvalue weighted by atomic mass is 16.2. The first-order valence-corrected chi connectivity index (χ1v) is 4.68. The van der Waals surface area contributed by atoms with Crippen LogP contribution >= 0.6 is 0 Å². The summed E-state index contributed by atoms with van der Waals surface area (Å²) in [6.45, 7) is 3.53. The fourth-order valence-electron chi connectivity index (χ4n) is 1.07. The molecule has 0 aliphatic rings. The summed E-state index contributed by atoms with van der Waals surface area (Å²) in [5.74, 6) is -1.11. The molecule has 0 saturated heterocycles. The lowest BCUT2D eigenvalue weighted by molar-refractivity contribution is -0.118. The third-order valence-corrected chi connectivity index (χ3v) is 1.95. The summed E-state index contributed by atoms with van der Waals surface area (Å²) < 4.78 is 0. The maximum absolute atomic E-state index is 11.4. The van der Waals surface area contributed by atoms with Crippen LogP contribution in [-0.2, 0) is 4.79 Å². The minimum atomic E-state index is -0.797. The standard InChI is InChI=1S/C11H13N2O2/c1-7(2)11(15)13-9-6-4-3-5-8(9)10(12)14/h3-7,12H,1-2H3,(H,13,15). The Morgan fingerprint density at radius 2 is 1.87 bits per heavy atom. The number of nitrogens with one attached hydrogen (secondary N) is 2. The molecule has 0 bridgehead atoms. The molecule has 15 heavy (non-hydrogen) atoms. The first-order chi connectivity index (χ1) is 7.02. The summed E-state index contributed by atoms with van der Waals surface area (Å²) >= 11 is 0. The van der Waals surface area contributed by atoms with E-state index in [1.807, 2.05) is 0 Å². The maximum atomic E-state index is 11.4. The number of anilines is 1. The van der Waals surface area contributed by atoms with Gasteiger partial charge in [-0.1, -0.05) is 26.0 Å². The normalized spacial score (nSPS) is 10.1. The third-order valence-electron chi connectivity index (χ3n) is 1.95. The average molecular weight is 205 g/mol. The second-order valence-electron chi connectivity index (χ2n) is 3.52. The Hall–Kier alpha value is -1.84.